The molecule has 0 saturated carbocycles. The molecule has 0 aliphatic heterocycles. The lowest BCUT2D eigenvalue weighted by atomic mass is 10.0. The van der Waals surface area contributed by atoms with Crippen LogP contribution in [0, 0.1) is 0 Å². The second kappa shape index (κ2) is 6.02. The van der Waals surface area contributed by atoms with E-state index in [0.29, 0.717) is 11.5 Å². The number of ether oxygens (including phenoxy) is 2. The maximum Gasteiger partial charge on any atom is 0.328 e. The Labute approximate surface area is 105 Å². The normalized spacial score (nSPS) is 11.7. The molecule has 6 nitrogen and oxygen atoms in total. The monoisotopic (exact) mass is 253 g/mol. The van der Waals surface area contributed by atoms with Crippen molar-refractivity contribution in [3.8, 4) is 11.5 Å². The van der Waals surface area contributed by atoms with Gasteiger partial charge in [-0.3, -0.25) is 9.59 Å². The summed E-state index contributed by atoms with van der Waals surface area (Å²) in [5, 5.41) is 11.4. The average molecular weight is 253 g/mol. The quantitative estimate of drug-likeness (QED) is 0.569. The Hall–Kier alpha value is -2.08. The van der Waals surface area contributed by atoms with Crippen LogP contribution < -0.4 is 14.8 Å². The molecule has 1 unspecified atom stereocenters. The van der Waals surface area contributed by atoms with E-state index in [9.17, 15) is 9.59 Å². The third-order valence-corrected chi connectivity index (χ3v) is 2.47. The molecule has 0 amide bonds. The number of benzene rings is 1. The molecule has 2 N–H and O–H groups in total. The van der Waals surface area contributed by atoms with E-state index in [2.05, 4.69) is 5.32 Å². The molecule has 1 rings (SSSR count). The van der Waals surface area contributed by atoms with Gasteiger partial charge in [-0.2, -0.15) is 0 Å². The summed E-state index contributed by atoms with van der Waals surface area (Å²) >= 11 is 0. The van der Waals surface area contributed by atoms with Crippen LogP contribution in [0.1, 0.15) is 10.4 Å². The predicted octanol–water partition coefficient (Wildman–Crippen LogP) is 0.559. The number of carboxylic acid groups (broad SMARTS) is 1. The third-order valence-electron chi connectivity index (χ3n) is 2.47. The fourth-order valence-electron chi connectivity index (χ4n) is 1.53. The Kier molecular flexibility index (Phi) is 4.67. The van der Waals surface area contributed by atoms with Gasteiger partial charge in [0.25, 0.3) is 0 Å². The predicted molar refractivity (Wildman–Crippen MR) is 64.4 cm³/mol. The number of ketones is 1. The van der Waals surface area contributed by atoms with Crippen LogP contribution in [0.15, 0.2) is 18.2 Å². The molecule has 6 heteroatoms. The standard InChI is InChI=1S/C12H15NO5/c1-13-10(12(15)16)11(14)8-6-7(17-2)4-5-9(8)18-3/h4-6,10,13H,1-3H3,(H,15,16). The van der Waals surface area contributed by atoms with Crippen molar-refractivity contribution in [1.82, 2.24) is 5.32 Å². The van der Waals surface area contributed by atoms with E-state index in [1.54, 1.807) is 12.1 Å². The molecule has 18 heavy (non-hydrogen) atoms. The van der Waals surface area contributed by atoms with Crippen LogP contribution in [0.3, 0.4) is 0 Å². The van der Waals surface area contributed by atoms with E-state index in [1.807, 2.05) is 0 Å². The summed E-state index contributed by atoms with van der Waals surface area (Å²) < 4.78 is 10.0. The number of Topliss-reactive ketones (excluding diaryl/α,β-unsaturated/α-hetero) is 1. The fourth-order valence-corrected chi connectivity index (χ4v) is 1.53. The van der Waals surface area contributed by atoms with Gasteiger partial charge < -0.3 is 19.9 Å². The molecule has 0 fully saturated rings. The molecule has 98 valence electrons. The first kappa shape index (κ1) is 14.0. The van der Waals surface area contributed by atoms with Crippen molar-refractivity contribution in [3.63, 3.8) is 0 Å². The number of carboxylic acids is 1. The van der Waals surface area contributed by atoms with Crippen molar-refractivity contribution in [3.05, 3.63) is 23.8 Å². The molecule has 0 aliphatic carbocycles. The molecule has 1 atom stereocenters. The number of carbonyl (C=O) groups is 2. The summed E-state index contributed by atoms with van der Waals surface area (Å²) in [6.45, 7) is 0. The zero-order valence-electron chi connectivity index (χ0n) is 10.4. The maximum absolute atomic E-state index is 12.1. The summed E-state index contributed by atoms with van der Waals surface area (Å²) in [4.78, 5) is 23.0. The first-order valence-electron chi connectivity index (χ1n) is 5.21. The highest BCUT2D eigenvalue weighted by atomic mass is 16.5. The van der Waals surface area contributed by atoms with E-state index >= 15 is 0 Å². The second-order valence-corrected chi connectivity index (χ2v) is 3.49. The first-order chi connectivity index (χ1) is 8.54. The Morgan fingerprint density at radius 1 is 1.28 bits per heavy atom. The lowest BCUT2D eigenvalue weighted by Crippen LogP contribution is -2.41. The Bertz CT molecular complexity index is 458. The maximum atomic E-state index is 12.1. The molecular formula is C12H15NO5. The summed E-state index contributed by atoms with van der Waals surface area (Å²) in [7, 11) is 4.28. The van der Waals surface area contributed by atoms with Crippen molar-refractivity contribution >= 4 is 11.8 Å². The van der Waals surface area contributed by atoms with Crippen molar-refractivity contribution in [2.75, 3.05) is 21.3 Å². The zero-order chi connectivity index (χ0) is 13.7. The summed E-state index contributed by atoms with van der Waals surface area (Å²) in [6.07, 6.45) is 0. The average Bonchev–Trinajstić information content (AvgIpc) is 2.38. The van der Waals surface area contributed by atoms with Gasteiger partial charge in [-0.1, -0.05) is 0 Å². The molecule has 0 aliphatic rings. The van der Waals surface area contributed by atoms with Crippen LogP contribution in [-0.4, -0.2) is 44.2 Å². The largest absolute Gasteiger partial charge is 0.497 e. The number of hydrogen-bond donors (Lipinski definition) is 2. The highest BCUT2D eigenvalue weighted by molar-refractivity contribution is 6.13. The first-order valence-corrected chi connectivity index (χ1v) is 5.21. The molecule has 0 heterocycles. The SMILES string of the molecule is CNC(C(=O)O)C(=O)c1cc(OC)ccc1OC. The Morgan fingerprint density at radius 3 is 2.39 bits per heavy atom. The molecule has 0 spiro atoms. The number of carbonyl (C=O) groups excluding carboxylic acids is 1. The van der Waals surface area contributed by atoms with Gasteiger partial charge in [0.2, 0.25) is 0 Å². The fraction of sp³-hybridized carbons (Fsp3) is 0.333. The van der Waals surface area contributed by atoms with Crippen molar-refractivity contribution in [2.45, 2.75) is 6.04 Å². The lowest BCUT2D eigenvalue weighted by molar-refractivity contribution is -0.137. The van der Waals surface area contributed by atoms with Gasteiger partial charge >= 0.3 is 5.97 Å². The zero-order valence-corrected chi connectivity index (χ0v) is 10.4. The number of hydrogen-bond acceptors (Lipinski definition) is 5. The summed E-state index contributed by atoms with van der Waals surface area (Å²) in [6, 6.07) is 3.32. The van der Waals surface area contributed by atoms with Crippen LogP contribution >= 0.6 is 0 Å². The Morgan fingerprint density at radius 2 is 1.94 bits per heavy atom. The van der Waals surface area contributed by atoms with Crippen LogP contribution in [0.4, 0.5) is 0 Å². The van der Waals surface area contributed by atoms with Gasteiger partial charge in [0.15, 0.2) is 11.8 Å². The molecule has 0 aromatic heterocycles. The van der Waals surface area contributed by atoms with Crippen LogP contribution in [0.25, 0.3) is 0 Å². The van der Waals surface area contributed by atoms with Crippen LogP contribution in [-0.2, 0) is 4.79 Å². The highest BCUT2D eigenvalue weighted by Gasteiger charge is 2.28. The highest BCUT2D eigenvalue weighted by Crippen LogP contribution is 2.25. The van der Waals surface area contributed by atoms with Crippen molar-refractivity contribution < 1.29 is 24.2 Å². The number of methoxy groups -OCH3 is 2. The van der Waals surface area contributed by atoms with Gasteiger partial charge in [-0.05, 0) is 25.2 Å². The van der Waals surface area contributed by atoms with Gasteiger partial charge in [-0.15, -0.1) is 0 Å². The molecule has 1 aromatic carbocycles. The van der Waals surface area contributed by atoms with Crippen LogP contribution in [0.5, 0.6) is 11.5 Å². The second-order valence-electron chi connectivity index (χ2n) is 3.49. The number of likely N-dealkylation sites (N-methyl/N-ethyl adjacent to an activating group) is 1. The Balaban J connectivity index is 3.20. The lowest BCUT2D eigenvalue weighted by Gasteiger charge is -2.13. The van der Waals surface area contributed by atoms with E-state index < -0.39 is 17.8 Å². The number of rotatable bonds is 6. The summed E-state index contributed by atoms with van der Waals surface area (Å²) in [5.74, 6) is -1.06. The van der Waals surface area contributed by atoms with E-state index in [4.69, 9.17) is 14.6 Å². The minimum Gasteiger partial charge on any atom is -0.497 e. The smallest absolute Gasteiger partial charge is 0.328 e. The third kappa shape index (κ3) is 2.78. The van der Waals surface area contributed by atoms with E-state index in [0.717, 1.165) is 0 Å². The number of aliphatic carboxylic acids is 1. The van der Waals surface area contributed by atoms with Gasteiger partial charge in [0, 0.05) is 0 Å². The number of nitrogens with one attached hydrogen (secondary N) is 1. The topological polar surface area (TPSA) is 84.9 Å². The van der Waals surface area contributed by atoms with E-state index in [-0.39, 0.29) is 5.56 Å². The van der Waals surface area contributed by atoms with Crippen molar-refractivity contribution in [1.29, 1.82) is 0 Å². The molecule has 1 aromatic rings. The molecule has 0 saturated heterocycles. The van der Waals surface area contributed by atoms with Gasteiger partial charge in [0.05, 0.1) is 19.8 Å². The van der Waals surface area contributed by atoms with Gasteiger partial charge in [0.1, 0.15) is 11.5 Å². The minimum atomic E-state index is -1.31. The van der Waals surface area contributed by atoms with Crippen LogP contribution in [0.2, 0.25) is 0 Å². The van der Waals surface area contributed by atoms with E-state index in [1.165, 1.54) is 27.3 Å². The minimum absolute atomic E-state index is 0.165. The van der Waals surface area contributed by atoms with Gasteiger partial charge in [-0.25, -0.2) is 0 Å². The molecule has 0 radical (unpaired) electrons. The molecular weight excluding hydrogens is 238 g/mol. The summed E-state index contributed by atoms with van der Waals surface area (Å²) in [5.41, 5.74) is 0.165. The van der Waals surface area contributed by atoms with Crippen molar-refractivity contribution in [2.24, 2.45) is 0 Å². The molecule has 0 bridgehead atoms.